The summed E-state index contributed by atoms with van der Waals surface area (Å²) in [5, 5.41) is 0. The van der Waals surface area contributed by atoms with Crippen LogP contribution in [-0.4, -0.2) is 30.1 Å². The highest BCUT2D eigenvalue weighted by Crippen LogP contribution is 2.61. The molecule has 3 saturated heterocycles. The molecule has 82 valence electrons. The van der Waals surface area contributed by atoms with Gasteiger partial charge in [0.25, 0.3) is 0 Å². The van der Waals surface area contributed by atoms with Crippen molar-refractivity contribution in [2.24, 2.45) is 5.41 Å². The van der Waals surface area contributed by atoms with Crippen molar-refractivity contribution in [3.05, 3.63) is 0 Å². The first-order valence-corrected chi connectivity index (χ1v) is 5.43. The Kier molecular flexibility index (Phi) is 1.63. The molecule has 3 fully saturated rings. The van der Waals surface area contributed by atoms with Gasteiger partial charge in [-0.05, 0) is 26.2 Å². The van der Waals surface area contributed by atoms with Crippen molar-refractivity contribution in [2.45, 2.75) is 44.3 Å². The van der Waals surface area contributed by atoms with Gasteiger partial charge in [-0.1, -0.05) is 0 Å². The summed E-state index contributed by atoms with van der Waals surface area (Å²) >= 11 is 0. The van der Waals surface area contributed by atoms with E-state index in [0.29, 0.717) is 13.0 Å². The summed E-state index contributed by atoms with van der Waals surface area (Å²) in [5.74, 6) is -0.177. The third-order valence-electron chi connectivity index (χ3n) is 4.09. The average molecular weight is 210 g/mol. The van der Waals surface area contributed by atoms with Gasteiger partial charge in [-0.3, -0.25) is 9.59 Å². The molecule has 15 heavy (non-hydrogen) atoms. The molecule has 3 aliphatic heterocycles. The van der Waals surface area contributed by atoms with E-state index in [9.17, 15) is 9.59 Å². The van der Waals surface area contributed by atoms with E-state index in [2.05, 4.69) is 0 Å². The highest BCUT2D eigenvalue weighted by atomic mass is 16.6. The van der Waals surface area contributed by atoms with Crippen molar-refractivity contribution in [3.8, 4) is 0 Å². The number of hydrogen-bond donors (Lipinski definition) is 0. The molecule has 0 aliphatic carbocycles. The normalized spacial score (nSPS) is 46.7. The molecule has 0 radical (unpaired) electrons. The maximum absolute atomic E-state index is 11.8. The van der Waals surface area contributed by atoms with Crippen molar-refractivity contribution in [2.75, 3.05) is 6.61 Å². The standard InChI is InChI=1S/C11H14O4/c1-7(12)4-10-5-8-2-3-11(10,15-8)6-14-9(10)13/h8H,2-6H2,1H3/t8-,10+,11-/m0/s1. The molecule has 2 bridgehead atoms. The van der Waals surface area contributed by atoms with Crippen LogP contribution < -0.4 is 0 Å². The van der Waals surface area contributed by atoms with Gasteiger partial charge in [-0.2, -0.15) is 0 Å². The van der Waals surface area contributed by atoms with Gasteiger partial charge < -0.3 is 9.47 Å². The predicted molar refractivity (Wildman–Crippen MR) is 50.1 cm³/mol. The number of esters is 1. The van der Waals surface area contributed by atoms with Crippen LogP contribution in [0.1, 0.15) is 32.6 Å². The van der Waals surface area contributed by atoms with E-state index in [-0.39, 0.29) is 24.3 Å². The van der Waals surface area contributed by atoms with Crippen LogP contribution in [0.3, 0.4) is 0 Å². The van der Waals surface area contributed by atoms with Gasteiger partial charge >= 0.3 is 5.97 Å². The summed E-state index contributed by atoms with van der Waals surface area (Å²) in [7, 11) is 0. The van der Waals surface area contributed by atoms with Crippen LogP contribution in [0.4, 0.5) is 0 Å². The van der Waals surface area contributed by atoms with E-state index >= 15 is 0 Å². The summed E-state index contributed by atoms with van der Waals surface area (Å²) < 4.78 is 11.0. The largest absolute Gasteiger partial charge is 0.462 e. The molecular weight excluding hydrogens is 196 g/mol. The third-order valence-corrected chi connectivity index (χ3v) is 4.09. The van der Waals surface area contributed by atoms with Crippen molar-refractivity contribution >= 4 is 11.8 Å². The maximum atomic E-state index is 11.8. The smallest absolute Gasteiger partial charge is 0.315 e. The minimum Gasteiger partial charge on any atom is -0.462 e. The molecule has 0 aromatic carbocycles. The maximum Gasteiger partial charge on any atom is 0.315 e. The Morgan fingerprint density at radius 1 is 1.60 bits per heavy atom. The number of ketones is 1. The third kappa shape index (κ3) is 0.956. The number of Topliss-reactive ketones (excluding diaryl/α,β-unsaturated/α-hetero) is 1. The van der Waals surface area contributed by atoms with E-state index in [1.807, 2.05) is 0 Å². The van der Waals surface area contributed by atoms with Crippen LogP contribution in [0.15, 0.2) is 0 Å². The Morgan fingerprint density at radius 3 is 3.07 bits per heavy atom. The van der Waals surface area contributed by atoms with Crippen LogP contribution in [0.2, 0.25) is 0 Å². The van der Waals surface area contributed by atoms with E-state index < -0.39 is 11.0 Å². The predicted octanol–water partition coefficient (Wildman–Crippen LogP) is 0.830. The molecule has 0 N–H and O–H groups in total. The number of carbonyl (C=O) groups is 2. The minimum absolute atomic E-state index is 0.0457. The van der Waals surface area contributed by atoms with Crippen molar-refractivity contribution in [1.82, 2.24) is 0 Å². The Morgan fingerprint density at radius 2 is 2.40 bits per heavy atom. The number of carbonyl (C=O) groups excluding carboxylic acids is 2. The highest BCUT2D eigenvalue weighted by Gasteiger charge is 2.71. The molecule has 0 aromatic rings. The summed E-state index contributed by atoms with van der Waals surface area (Å²) in [4.78, 5) is 23.1. The van der Waals surface area contributed by atoms with Crippen LogP contribution in [0.5, 0.6) is 0 Å². The van der Waals surface area contributed by atoms with Gasteiger partial charge in [0.2, 0.25) is 0 Å². The Balaban J connectivity index is 2.03. The lowest BCUT2D eigenvalue weighted by Crippen LogP contribution is -2.46. The number of hydrogen-bond acceptors (Lipinski definition) is 4. The second-order valence-corrected chi connectivity index (χ2v) is 5.01. The molecule has 3 atom stereocenters. The second-order valence-electron chi connectivity index (χ2n) is 5.01. The van der Waals surface area contributed by atoms with Crippen molar-refractivity contribution in [1.29, 1.82) is 0 Å². The fourth-order valence-electron chi connectivity index (χ4n) is 3.47. The molecule has 4 nitrogen and oxygen atoms in total. The SMILES string of the molecule is CC(=O)C[C@]12C[C@@H]3CC[C@@]1(COC2=O)O3. The van der Waals surface area contributed by atoms with E-state index in [4.69, 9.17) is 9.47 Å². The molecule has 3 heterocycles. The lowest BCUT2D eigenvalue weighted by Gasteiger charge is -2.33. The molecule has 3 aliphatic rings. The first-order valence-electron chi connectivity index (χ1n) is 5.43. The molecule has 0 saturated carbocycles. The number of ether oxygens (including phenoxy) is 2. The molecule has 0 unspecified atom stereocenters. The van der Waals surface area contributed by atoms with E-state index in [0.717, 1.165) is 12.8 Å². The topological polar surface area (TPSA) is 52.6 Å². The first kappa shape index (κ1) is 9.33. The summed E-state index contributed by atoms with van der Waals surface area (Å²) in [6, 6.07) is 0. The minimum atomic E-state index is -0.651. The van der Waals surface area contributed by atoms with Crippen LogP contribution in [-0.2, 0) is 19.1 Å². The van der Waals surface area contributed by atoms with Gasteiger partial charge in [-0.25, -0.2) is 0 Å². The summed E-state index contributed by atoms with van der Waals surface area (Å²) in [6.45, 7) is 1.87. The lowest BCUT2D eigenvalue weighted by atomic mass is 9.65. The molecule has 0 amide bonds. The average Bonchev–Trinajstić information content (AvgIpc) is 2.75. The zero-order chi connectivity index (χ0) is 10.7. The van der Waals surface area contributed by atoms with Crippen LogP contribution in [0.25, 0.3) is 0 Å². The zero-order valence-corrected chi connectivity index (χ0v) is 8.75. The highest BCUT2D eigenvalue weighted by molar-refractivity contribution is 5.89. The van der Waals surface area contributed by atoms with Gasteiger partial charge in [0.05, 0.1) is 6.10 Å². The van der Waals surface area contributed by atoms with Crippen molar-refractivity contribution < 1.29 is 19.1 Å². The summed E-state index contributed by atoms with van der Waals surface area (Å²) in [5.41, 5.74) is -1.12. The van der Waals surface area contributed by atoms with Crippen molar-refractivity contribution in [3.63, 3.8) is 0 Å². The number of fused-ring (bicyclic) bond motifs is 1. The van der Waals surface area contributed by atoms with Crippen LogP contribution >= 0.6 is 0 Å². The van der Waals surface area contributed by atoms with Gasteiger partial charge in [0.1, 0.15) is 23.4 Å². The molecule has 3 rings (SSSR count). The Labute approximate surface area is 87.9 Å². The molecule has 0 aromatic heterocycles. The number of cyclic esters (lactones) is 1. The number of rotatable bonds is 2. The quantitative estimate of drug-likeness (QED) is 0.633. The molecular formula is C11H14O4. The zero-order valence-electron chi connectivity index (χ0n) is 8.75. The first-order chi connectivity index (χ1) is 7.08. The second kappa shape index (κ2) is 2.61. The fraction of sp³-hybridized carbons (Fsp3) is 0.818. The van der Waals surface area contributed by atoms with Gasteiger partial charge in [0.15, 0.2) is 0 Å². The van der Waals surface area contributed by atoms with E-state index in [1.165, 1.54) is 6.92 Å². The van der Waals surface area contributed by atoms with Gasteiger partial charge in [0, 0.05) is 6.42 Å². The molecule has 1 spiro atoms. The van der Waals surface area contributed by atoms with E-state index in [1.54, 1.807) is 0 Å². The Hall–Kier alpha value is -0.900. The Bertz CT molecular complexity index is 350. The molecule has 4 heteroatoms. The van der Waals surface area contributed by atoms with Gasteiger partial charge in [-0.15, -0.1) is 0 Å². The lowest BCUT2D eigenvalue weighted by molar-refractivity contribution is -0.149. The monoisotopic (exact) mass is 210 g/mol. The van der Waals surface area contributed by atoms with Crippen LogP contribution in [0, 0.1) is 5.41 Å². The summed E-state index contributed by atoms with van der Waals surface area (Å²) in [6.07, 6.45) is 2.97. The fourth-order valence-corrected chi connectivity index (χ4v) is 3.47.